The van der Waals surface area contributed by atoms with Crippen molar-refractivity contribution >= 4 is 33.8 Å². The quantitative estimate of drug-likeness (QED) is 0.512. The van der Waals surface area contributed by atoms with Gasteiger partial charge >= 0.3 is 0 Å². The minimum Gasteiger partial charge on any atom is -0.324 e. The molecule has 23 heavy (non-hydrogen) atoms. The number of aromatic nitrogens is 4. The number of aryl methyl sites for hydroxylation is 1. The Balaban J connectivity index is 1.94. The second-order valence-electron chi connectivity index (χ2n) is 5.68. The molecule has 3 aromatic rings. The molecule has 3 rings (SSSR count). The van der Waals surface area contributed by atoms with Crippen molar-refractivity contribution in [2.45, 2.75) is 25.0 Å². The lowest BCUT2D eigenvalue weighted by molar-refractivity contribution is 0.410. The van der Waals surface area contributed by atoms with Gasteiger partial charge in [0.1, 0.15) is 11.3 Å². The Labute approximate surface area is 138 Å². The molecule has 0 saturated heterocycles. The first-order chi connectivity index (χ1) is 11.1. The summed E-state index contributed by atoms with van der Waals surface area (Å²) >= 11 is 1.61. The Bertz CT molecular complexity index is 830. The number of hydrogen-bond donors (Lipinski definition) is 0. The van der Waals surface area contributed by atoms with Crippen LogP contribution in [-0.2, 0) is 6.54 Å². The molecule has 2 aromatic heterocycles. The summed E-state index contributed by atoms with van der Waals surface area (Å²) in [6.45, 7) is 3.85. The number of hydrogen-bond acceptors (Lipinski definition) is 5. The smallest absolute Gasteiger partial charge is 0.211 e. The summed E-state index contributed by atoms with van der Waals surface area (Å²) in [5.41, 5.74) is 2.39. The van der Waals surface area contributed by atoms with Crippen LogP contribution >= 0.6 is 11.8 Å². The molecule has 0 bridgehead atoms. The van der Waals surface area contributed by atoms with Gasteiger partial charge in [0.2, 0.25) is 5.16 Å². The average Bonchev–Trinajstić information content (AvgIpc) is 2.83. The van der Waals surface area contributed by atoms with Crippen LogP contribution in [0.15, 0.2) is 23.4 Å². The number of benzene rings is 1. The van der Waals surface area contributed by atoms with E-state index in [4.69, 9.17) is 0 Å². The number of rotatable bonds is 6. The predicted molar refractivity (Wildman–Crippen MR) is 92.4 cm³/mol. The van der Waals surface area contributed by atoms with E-state index < -0.39 is 0 Å². The zero-order valence-electron chi connectivity index (χ0n) is 13.6. The minimum absolute atomic E-state index is 0.267. The van der Waals surface area contributed by atoms with Crippen LogP contribution in [0.3, 0.4) is 0 Å². The number of thioether (sulfide) groups is 1. The zero-order valence-corrected chi connectivity index (χ0v) is 14.4. The van der Waals surface area contributed by atoms with Gasteiger partial charge in [-0.3, -0.25) is 0 Å². The van der Waals surface area contributed by atoms with Gasteiger partial charge in [0, 0.05) is 17.7 Å². The van der Waals surface area contributed by atoms with Crippen LogP contribution in [-0.4, -0.2) is 51.0 Å². The first kappa shape index (κ1) is 16.1. The molecule has 0 saturated carbocycles. The summed E-state index contributed by atoms with van der Waals surface area (Å²) in [6.07, 6.45) is 1.07. The molecule has 0 aliphatic heterocycles. The van der Waals surface area contributed by atoms with Gasteiger partial charge in [-0.1, -0.05) is 11.8 Å². The summed E-state index contributed by atoms with van der Waals surface area (Å²) in [7, 11) is 4.13. The first-order valence-electron chi connectivity index (χ1n) is 7.70. The van der Waals surface area contributed by atoms with Gasteiger partial charge in [0.15, 0.2) is 5.65 Å². The Kier molecular flexibility index (Phi) is 4.77. The van der Waals surface area contributed by atoms with Crippen molar-refractivity contribution < 1.29 is 4.39 Å². The zero-order chi connectivity index (χ0) is 16.4. The van der Waals surface area contributed by atoms with Gasteiger partial charge in [-0.2, -0.15) is 0 Å². The molecule has 2 heterocycles. The van der Waals surface area contributed by atoms with Crippen LogP contribution in [0, 0.1) is 5.82 Å². The largest absolute Gasteiger partial charge is 0.324 e. The first-order valence-corrected chi connectivity index (χ1v) is 8.68. The molecule has 0 atom stereocenters. The molecular formula is C16H20FN5S. The summed E-state index contributed by atoms with van der Waals surface area (Å²) in [5, 5.41) is 9.95. The number of fused-ring (bicyclic) bond motifs is 3. The molecular weight excluding hydrogens is 313 g/mol. The third-order valence-corrected chi connectivity index (χ3v) is 4.63. The van der Waals surface area contributed by atoms with E-state index in [1.165, 1.54) is 12.1 Å². The molecule has 5 nitrogen and oxygen atoms in total. The summed E-state index contributed by atoms with van der Waals surface area (Å²) < 4.78 is 15.6. The third-order valence-electron chi connectivity index (χ3n) is 3.71. The van der Waals surface area contributed by atoms with Crippen LogP contribution in [0.25, 0.3) is 22.1 Å². The van der Waals surface area contributed by atoms with Gasteiger partial charge in [-0.25, -0.2) is 9.37 Å². The lowest BCUT2D eigenvalue weighted by Crippen LogP contribution is -2.13. The van der Waals surface area contributed by atoms with Gasteiger partial charge in [-0.05, 0) is 52.2 Å². The van der Waals surface area contributed by atoms with Crippen LogP contribution in [0.1, 0.15) is 13.3 Å². The van der Waals surface area contributed by atoms with E-state index in [1.54, 1.807) is 17.8 Å². The minimum atomic E-state index is -0.267. The molecule has 0 N–H and O–H groups in total. The monoisotopic (exact) mass is 333 g/mol. The molecule has 1 aromatic carbocycles. The van der Waals surface area contributed by atoms with E-state index in [1.807, 2.05) is 6.92 Å². The van der Waals surface area contributed by atoms with Crippen LogP contribution in [0.2, 0.25) is 0 Å². The summed E-state index contributed by atoms with van der Waals surface area (Å²) in [5.74, 6) is 0.684. The van der Waals surface area contributed by atoms with Gasteiger partial charge in [-0.15, -0.1) is 10.2 Å². The average molecular weight is 333 g/mol. The molecule has 0 aliphatic rings. The van der Waals surface area contributed by atoms with Crippen LogP contribution in [0.5, 0.6) is 0 Å². The number of halogens is 1. The highest BCUT2D eigenvalue weighted by Crippen LogP contribution is 2.27. The fourth-order valence-electron chi connectivity index (χ4n) is 2.64. The lowest BCUT2D eigenvalue weighted by atomic mass is 10.2. The van der Waals surface area contributed by atoms with Crippen molar-refractivity contribution in [1.82, 2.24) is 24.6 Å². The molecule has 0 radical (unpaired) electrons. The van der Waals surface area contributed by atoms with Gasteiger partial charge in [0.25, 0.3) is 0 Å². The summed E-state index contributed by atoms with van der Waals surface area (Å²) in [4.78, 5) is 6.80. The Morgan fingerprint density at radius 3 is 2.83 bits per heavy atom. The predicted octanol–water partition coefficient (Wildman–Crippen LogP) is 3.18. The highest BCUT2D eigenvalue weighted by Gasteiger charge is 2.14. The summed E-state index contributed by atoms with van der Waals surface area (Å²) in [6, 6.07) is 4.75. The van der Waals surface area contributed by atoms with E-state index in [9.17, 15) is 4.39 Å². The Morgan fingerprint density at radius 1 is 1.26 bits per heavy atom. The van der Waals surface area contributed by atoms with Crippen molar-refractivity contribution in [2.24, 2.45) is 0 Å². The molecule has 0 unspecified atom stereocenters. The normalized spacial score (nSPS) is 11.9. The maximum absolute atomic E-state index is 13.5. The van der Waals surface area contributed by atoms with E-state index in [2.05, 4.69) is 38.7 Å². The molecule has 0 amide bonds. The van der Waals surface area contributed by atoms with Crippen molar-refractivity contribution in [1.29, 1.82) is 0 Å². The van der Waals surface area contributed by atoms with E-state index in [0.717, 1.165) is 41.8 Å². The topological polar surface area (TPSA) is 46.8 Å². The van der Waals surface area contributed by atoms with Crippen LogP contribution in [0.4, 0.5) is 4.39 Å². The third kappa shape index (κ3) is 3.30. The highest BCUT2D eigenvalue weighted by atomic mass is 32.2. The molecule has 0 aliphatic carbocycles. The molecule has 0 spiro atoms. The number of nitrogens with zero attached hydrogens (tertiary/aromatic N) is 5. The van der Waals surface area contributed by atoms with E-state index >= 15 is 0 Å². The van der Waals surface area contributed by atoms with Crippen molar-refractivity contribution in [3.8, 4) is 0 Å². The van der Waals surface area contributed by atoms with Crippen molar-refractivity contribution in [2.75, 3.05) is 26.4 Å². The second-order valence-corrected chi connectivity index (χ2v) is 6.74. The molecule has 7 heteroatoms. The van der Waals surface area contributed by atoms with Gasteiger partial charge in [0.05, 0.1) is 5.52 Å². The van der Waals surface area contributed by atoms with Gasteiger partial charge < -0.3 is 9.47 Å². The maximum Gasteiger partial charge on any atom is 0.211 e. The SMILES string of the molecule is CCn1c2ccc(F)cc2c2nnc(SCCCN(C)C)nc21. The lowest BCUT2D eigenvalue weighted by Gasteiger charge is -2.08. The maximum atomic E-state index is 13.5. The van der Waals surface area contributed by atoms with Crippen molar-refractivity contribution in [3.05, 3.63) is 24.0 Å². The Morgan fingerprint density at radius 2 is 2.09 bits per heavy atom. The highest BCUT2D eigenvalue weighted by molar-refractivity contribution is 7.99. The van der Waals surface area contributed by atoms with E-state index in [-0.39, 0.29) is 5.82 Å². The van der Waals surface area contributed by atoms with E-state index in [0.29, 0.717) is 10.7 Å². The Hall–Kier alpha value is -1.73. The second kappa shape index (κ2) is 6.80. The molecule has 0 fully saturated rings. The van der Waals surface area contributed by atoms with Crippen LogP contribution < -0.4 is 0 Å². The fraction of sp³-hybridized carbons (Fsp3) is 0.438. The standard InChI is InChI=1S/C16H20FN5S/c1-4-22-13-7-6-11(17)10-12(13)14-15(22)18-16(20-19-14)23-9-5-8-21(2)3/h6-7,10H,4-5,8-9H2,1-3H3. The van der Waals surface area contributed by atoms with Crippen molar-refractivity contribution in [3.63, 3.8) is 0 Å². The molecule has 122 valence electrons. The fourth-order valence-corrected chi connectivity index (χ4v) is 3.34.